The summed E-state index contributed by atoms with van der Waals surface area (Å²) in [7, 11) is 0. The van der Waals surface area contributed by atoms with Crippen LogP contribution < -0.4 is 10.5 Å². The van der Waals surface area contributed by atoms with Gasteiger partial charge in [-0.3, -0.25) is 0 Å². The van der Waals surface area contributed by atoms with E-state index in [0.29, 0.717) is 10.8 Å². The smallest absolute Gasteiger partial charge is 0.146 e. The van der Waals surface area contributed by atoms with Gasteiger partial charge in [0.2, 0.25) is 0 Å². The van der Waals surface area contributed by atoms with Crippen molar-refractivity contribution in [3.05, 3.63) is 52.5 Å². The molecule has 17 heavy (non-hydrogen) atoms. The molecule has 88 valence electrons. The topological polar surface area (TPSA) is 35.2 Å². The van der Waals surface area contributed by atoms with Crippen molar-refractivity contribution in [3.63, 3.8) is 0 Å². The molecule has 0 saturated carbocycles. The summed E-state index contributed by atoms with van der Waals surface area (Å²) in [4.78, 5) is 0. The summed E-state index contributed by atoms with van der Waals surface area (Å²) < 4.78 is 5.79. The van der Waals surface area contributed by atoms with Gasteiger partial charge in [-0.05, 0) is 55.3 Å². The predicted molar refractivity (Wildman–Crippen MR) is 71.9 cm³/mol. The first-order valence-corrected chi connectivity index (χ1v) is 5.74. The Morgan fingerprint density at radius 1 is 1.00 bits per heavy atom. The van der Waals surface area contributed by atoms with Gasteiger partial charge < -0.3 is 10.5 Å². The second kappa shape index (κ2) is 4.68. The Hall–Kier alpha value is -1.67. The molecular weight excluding hydrogens is 234 g/mol. The Morgan fingerprint density at radius 2 is 1.76 bits per heavy atom. The molecule has 0 radical (unpaired) electrons. The zero-order valence-electron chi connectivity index (χ0n) is 9.83. The minimum atomic E-state index is 0.604. The summed E-state index contributed by atoms with van der Waals surface area (Å²) in [6, 6.07) is 11.2. The molecular formula is C14H14ClNO. The molecule has 0 aliphatic carbocycles. The Balaban J connectivity index is 2.34. The minimum Gasteiger partial charge on any atom is -0.456 e. The summed E-state index contributed by atoms with van der Waals surface area (Å²) in [6.07, 6.45) is 0. The number of rotatable bonds is 2. The molecule has 0 spiro atoms. The fourth-order valence-corrected chi connectivity index (χ4v) is 1.75. The Labute approximate surface area is 106 Å². The molecule has 0 aromatic heterocycles. The number of nitrogen functional groups attached to an aromatic ring is 1. The van der Waals surface area contributed by atoms with Gasteiger partial charge >= 0.3 is 0 Å². The van der Waals surface area contributed by atoms with Crippen LogP contribution in [0.2, 0.25) is 5.02 Å². The number of ether oxygens (including phenoxy) is 1. The number of aryl methyl sites for hydroxylation is 2. The first-order chi connectivity index (χ1) is 8.06. The van der Waals surface area contributed by atoms with Gasteiger partial charge in [-0.2, -0.15) is 0 Å². The predicted octanol–water partition coefficient (Wildman–Crippen LogP) is 4.33. The molecule has 2 rings (SSSR count). The molecule has 0 unspecified atom stereocenters. The van der Waals surface area contributed by atoms with Crippen LogP contribution in [-0.2, 0) is 0 Å². The van der Waals surface area contributed by atoms with Gasteiger partial charge in [0, 0.05) is 5.69 Å². The van der Waals surface area contributed by atoms with Gasteiger partial charge in [0.25, 0.3) is 0 Å². The van der Waals surface area contributed by atoms with Gasteiger partial charge in [0.05, 0.1) is 5.02 Å². The van der Waals surface area contributed by atoms with Crippen LogP contribution in [0, 0.1) is 13.8 Å². The Bertz CT molecular complexity index is 552. The number of anilines is 1. The standard InChI is InChI=1S/C14H14ClNO/c1-9-3-5-12(15)14(7-9)17-13-6-4-11(16)8-10(13)2/h3-8H,16H2,1-2H3. The first-order valence-electron chi connectivity index (χ1n) is 5.36. The Morgan fingerprint density at radius 3 is 2.47 bits per heavy atom. The van der Waals surface area contributed by atoms with Crippen LogP contribution in [0.1, 0.15) is 11.1 Å². The van der Waals surface area contributed by atoms with E-state index < -0.39 is 0 Å². The third kappa shape index (κ3) is 2.71. The lowest BCUT2D eigenvalue weighted by Gasteiger charge is -2.11. The molecule has 3 heteroatoms. The van der Waals surface area contributed by atoms with Gasteiger partial charge in [0.1, 0.15) is 11.5 Å². The summed E-state index contributed by atoms with van der Waals surface area (Å²) in [5, 5.41) is 0.604. The summed E-state index contributed by atoms with van der Waals surface area (Å²) >= 11 is 6.08. The molecule has 2 aromatic rings. The number of hydrogen-bond donors (Lipinski definition) is 1. The van der Waals surface area contributed by atoms with Gasteiger partial charge in [-0.1, -0.05) is 17.7 Å². The van der Waals surface area contributed by atoms with Gasteiger partial charge in [0.15, 0.2) is 0 Å². The van der Waals surface area contributed by atoms with Crippen LogP contribution in [0.3, 0.4) is 0 Å². The summed E-state index contributed by atoms with van der Waals surface area (Å²) in [5.41, 5.74) is 8.52. The number of halogens is 1. The maximum absolute atomic E-state index is 6.08. The molecule has 2 N–H and O–H groups in total. The lowest BCUT2D eigenvalue weighted by molar-refractivity contribution is 0.479. The zero-order chi connectivity index (χ0) is 12.4. The molecule has 2 aromatic carbocycles. The molecule has 0 aliphatic heterocycles. The SMILES string of the molecule is Cc1ccc(Cl)c(Oc2ccc(N)cc2C)c1. The van der Waals surface area contributed by atoms with Crippen LogP contribution in [0.15, 0.2) is 36.4 Å². The van der Waals surface area contributed by atoms with E-state index in [1.807, 2.05) is 50.2 Å². The van der Waals surface area contributed by atoms with Crippen molar-refractivity contribution in [3.8, 4) is 11.5 Å². The Kier molecular flexibility index (Phi) is 3.25. The second-order valence-electron chi connectivity index (χ2n) is 4.06. The van der Waals surface area contributed by atoms with Crippen molar-refractivity contribution in [1.29, 1.82) is 0 Å². The van der Waals surface area contributed by atoms with E-state index >= 15 is 0 Å². The van der Waals surface area contributed by atoms with Crippen LogP contribution in [-0.4, -0.2) is 0 Å². The average molecular weight is 248 g/mol. The lowest BCUT2D eigenvalue weighted by Crippen LogP contribution is -1.91. The van der Waals surface area contributed by atoms with Crippen molar-refractivity contribution in [2.24, 2.45) is 0 Å². The third-order valence-electron chi connectivity index (χ3n) is 2.51. The van der Waals surface area contributed by atoms with Gasteiger partial charge in [-0.15, -0.1) is 0 Å². The monoisotopic (exact) mass is 247 g/mol. The molecule has 0 atom stereocenters. The van der Waals surface area contributed by atoms with E-state index in [2.05, 4.69) is 0 Å². The molecule has 0 saturated heterocycles. The molecule has 0 aliphatic rings. The van der Waals surface area contributed by atoms with E-state index in [-0.39, 0.29) is 0 Å². The van der Waals surface area contributed by atoms with Crippen molar-refractivity contribution in [2.45, 2.75) is 13.8 Å². The first kappa shape index (κ1) is 11.8. The number of nitrogens with two attached hydrogens (primary N) is 1. The van der Waals surface area contributed by atoms with E-state index in [0.717, 1.165) is 22.6 Å². The van der Waals surface area contributed by atoms with Gasteiger partial charge in [-0.25, -0.2) is 0 Å². The molecule has 0 bridgehead atoms. The van der Waals surface area contributed by atoms with Crippen molar-refractivity contribution >= 4 is 17.3 Å². The zero-order valence-corrected chi connectivity index (χ0v) is 10.6. The number of hydrogen-bond acceptors (Lipinski definition) is 2. The second-order valence-corrected chi connectivity index (χ2v) is 4.47. The fourth-order valence-electron chi connectivity index (χ4n) is 1.59. The molecule has 2 nitrogen and oxygen atoms in total. The maximum Gasteiger partial charge on any atom is 0.146 e. The summed E-state index contributed by atoms with van der Waals surface area (Å²) in [6.45, 7) is 3.95. The highest BCUT2D eigenvalue weighted by Crippen LogP contribution is 2.32. The van der Waals surface area contributed by atoms with Crippen LogP contribution >= 0.6 is 11.6 Å². The molecule has 0 heterocycles. The average Bonchev–Trinajstić information content (AvgIpc) is 2.27. The van der Waals surface area contributed by atoms with Crippen molar-refractivity contribution < 1.29 is 4.74 Å². The van der Waals surface area contributed by atoms with E-state index in [1.165, 1.54) is 0 Å². The van der Waals surface area contributed by atoms with Crippen LogP contribution in [0.5, 0.6) is 11.5 Å². The van der Waals surface area contributed by atoms with E-state index in [9.17, 15) is 0 Å². The fraction of sp³-hybridized carbons (Fsp3) is 0.143. The molecule has 0 amide bonds. The van der Waals surface area contributed by atoms with E-state index in [4.69, 9.17) is 22.1 Å². The lowest BCUT2D eigenvalue weighted by atomic mass is 10.2. The van der Waals surface area contributed by atoms with Crippen molar-refractivity contribution in [2.75, 3.05) is 5.73 Å². The highest BCUT2D eigenvalue weighted by atomic mass is 35.5. The largest absolute Gasteiger partial charge is 0.456 e. The van der Waals surface area contributed by atoms with Crippen LogP contribution in [0.4, 0.5) is 5.69 Å². The van der Waals surface area contributed by atoms with Crippen molar-refractivity contribution in [1.82, 2.24) is 0 Å². The highest BCUT2D eigenvalue weighted by molar-refractivity contribution is 6.32. The molecule has 0 fully saturated rings. The quantitative estimate of drug-likeness (QED) is 0.802. The number of benzene rings is 2. The highest BCUT2D eigenvalue weighted by Gasteiger charge is 2.05. The summed E-state index contributed by atoms with van der Waals surface area (Å²) in [5.74, 6) is 1.44. The minimum absolute atomic E-state index is 0.604. The van der Waals surface area contributed by atoms with Crippen LogP contribution in [0.25, 0.3) is 0 Å². The third-order valence-corrected chi connectivity index (χ3v) is 2.82. The normalized spacial score (nSPS) is 10.3. The maximum atomic E-state index is 6.08. The van der Waals surface area contributed by atoms with E-state index in [1.54, 1.807) is 0 Å².